The van der Waals surface area contributed by atoms with Gasteiger partial charge in [-0.3, -0.25) is 4.79 Å². The quantitative estimate of drug-likeness (QED) is 0.637. The minimum Gasteiger partial charge on any atom is -0.466 e. The number of nitrogens with zero attached hydrogens (tertiary/aromatic N) is 2. The van der Waals surface area contributed by atoms with Crippen LogP contribution in [0, 0.1) is 0 Å². The van der Waals surface area contributed by atoms with Crippen LogP contribution in [0.3, 0.4) is 0 Å². The lowest BCUT2D eigenvalue weighted by molar-refractivity contribution is -0.142. The highest BCUT2D eigenvalue weighted by Gasteiger charge is 2.11. The molecule has 14 heavy (non-hydrogen) atoms. The zero-order valence-electron chi connectivity index (χ0n) is 8.15. The fourth-order valence-corrected chi connectivity index (χ4v) is 0.877. The van der Waals surface area contributed by atoms with Crippen LogP contribution in [0.2, 0.25) is 0 Å². The first-order valence-corrected chi connectivity index (χ1v) is 4.22. The van der Waals surface area contributed by atoms with E-state index in [1.54, 1.807) is 6.92 Å². The fourth-order valence-electron chi connectivity index (χ4n) is 0.877. The summed E-state index contributed by atoms with van der Waals surface area (Å²) < 4.78 is 14.6. The Kier molecular flexibility index (Phi) is 4.06. The Bertz CT molecular complexity index is 297. The van der Waals surface area contributed by atoms with E-state index in [0.717, 1.165) is 0 Å². The summed E-state index contributed by atoms with van der Waals surface area (Å²) in [5, 5.41) is 7.33. The fraction of sp³-hybridized carbons (Fsp3) is 0.625. The molecular formula is C8H12N2O4. The number of methoxy groups -OCH3 is 1. The monoisotopic (exact) mass is 200 g/mol. The molecule has 0 aliphatic heterocycles. The number of hydrogen-bond acceptors (Lipinski definition) is 6. The number of carbonyl (C=O) groups excluding carboxylic acids is 1. The van der Waals surface area contributed by atoms with Crippen molar-refractivity contribution in [2.24, 2.45) is 0 Å². The lowest BCUT2D eigenvalue weighted by atomic mass is 10.4. The van der Waals surface area contributed by atoms with Crippen molar-refractivity contribution < 1.29 is 18.7 Å². The van der Waals surface area contributed by atoms with Gasteiger partial charge in [-0.15, -0.1) is 10.2 Å². The van der Waals surface area contributed by atoms with Gasteiger partial charge in [0.2, 0.25) is 11.8 Å². The summed E-state index contributed by atoms with van der Waals surface area (Å²) in [6.07, 6.45) is 0.00452. The van der Waals surface area contributed by atoms with E-state index in [0.29, 0.717) is 12.5 Å². The molecule has 0 amide bonds. The highest BCUT2D eigenvalue weighted by Crippen LogP contribution is 2.02. The van der Waals surface area contributed by atoms with Crippen molar-refractivity contribution in [3.05, 3.63) is 11.8 Å². The van der Waals surface area contributed by atoms with E-state index in [1.165, 1.54) is 7.11 Å². The molecule has 0 unspecified atom stereocenters. The third-order valence-corrected chi connectivity index (χ3v) is 1.38. The molecule has 78 valence electrons. The predicted molar refractivity (Wildman–Crippen MR) is 45.3 cm³/mol. The largest absolute Gasteiger partial charge is 0.466 e. The van der Waals surface area contributed by atoms with Gasteiger partial charge >= 0.3 is 5.97 Å². The second-order valence-electron chi connectivity index (χ2n) is 2.50. The molecule has 0 aliphatic carbocycles. The third kappa shape index (κ3) is 3.14. The molecule has 0 atom stereocenters. The number of carbonyl (C=O) groups is 1. The Morgan fingerprint density at radius 3 is 2.79 bits per heavy atom. The highest BCUT2D eigenvalue weighted by molar-refractivity contribution is 5.71. The van der Waals surface area contributed by atoms with Crippen molar-refractivity contribution in [1.29, 1.82) is 0 Å². The summed E-state index contributed by atoms with van der Waals surface area (Å²) >= 11 is 0. The Hall–Kier alpha value is -1.43. The van der Waals surface area contributed by atoms with Crippen LogP contribution in [0.15, 0.2) is 4.42 Å². The normalized spacial score (nSPS) is 10.1. The van der Waals surface area contributed by atoms with Gasteiger partial charge in [-0.25, -0.2) is 0 Å². The van der Waals surface area contributed by atoms with Crippen LogP contribution in [-0.2, 0) is 27.3 Å². The molecule has 6 heteroatoms. The predicted octanol–water partition coefficient (Wildman–Crippen LogP) is 0.322. The third-order valence-electron chi connectivity index (χ3n) is 1.38. The molecule has 0 N–H and O–H groups in total. The zero-order valence-corrected chi connectivity index (χ0v) is 8.15. The average Bonchev–Trinajstić information content (AvgIpc) is 2.53. The maximum Gasteiger partial charge on any atom is 0.315 e. The first-order valence-electron chi connectivity index (χ1n) is 4.22. The van der Waals surface area contributed by atoms with Gasteiger partial charge in [0.05, 0.1) is 6.61 Å². The Labute approximate surface area is 81.2 Å². The van der Waals surface area contributed by atoms with Gasteiger partial charge in [0.1, 0.15) is 13.0 Å². The SMILES string of the molecule is CCOC(=O)Cc1nnc(COC)o1. The first-order chi connectivity index (χ1) is 6.76. The molecule has 0 saturated heterocycles. The minimum atomic E-state index is -0.375. The summed E-state index contributed by atoms with van der Waals surface area (Å²) in [5.74, 6) is 0.224. The molecule has 0 spiro atoms. The van der Waals surface area contributed by atoms with Crippen LogP contribution in [0.1, 0.15) is 18.7 Å². The Balaban J connectivity index is 2.46. The molecule has 1 rings (SSSR count). The number of ether oxygens (including phenoxy) is 2. The van der Waals surface area contributed by atoms with E-state index in [4.69, 9.17) is 13.9 Å². The standard InChI is InChI=1S/C8H12N2O4/c1-3-13-8(11)4-6-9-10-7(14-6)5-12-2/h3-5H2,1-2H3. The van der Waals surface area contributed by atoms with Gasteiger partial charge in [-0.2, -0.15) is 0 Å². The smallest absolute Gasteiger partial charge is 0.315 e. The molecule has 1 heterocycles. The zero-order chi connectivity index (χ0) is 10.4. The van der Waals surface area contributed by atoms with Crippen LogP contribution in [-0.4, -0.2) is 29.9 Å². The van der Waals surface area contributed by atoms with Crippen LogP contribution < -0.4 is 0 Å². The van der Waals surface area contributed by atoms with Crippen molar-refractivity contribution >= 4 is 5.97 Å². The summed E-state index contributed by atoms with van der Waals surface area (Å²) in [6.45, 7) is 2.33. The van der Waals surface area contributed by atoms with Gasteiger partial charge in [0.25, 0.3) is 0 Å². The van der Waals surface area contributed by atoms with E-state index in [-0.39, 0.29) is 24.9 Å². The van der Waals surface area contributed by atoms with Crippen molar-refractivity contribution in [3.63, 3.8) is 0 Å². The Morgan fingerprint density at radius 1 is 1.43 bits per heavy atom. The van der Waals surface area contributed by atoms with E-state index in [2.05, 4.69) is 10.2 Å². The van der Waals surface area contributed by atoms with E-state index in [1.807, 2.05) is 0 Å². The Morgan fingerprint density at radius 2 is 2.14 bits per heavy atom. The van der Waals surface area contributed by atoms with Crippen molar-refractivity contribution in [1.82, 2.24) is 10.2 Å². The van der Waals surface area contributed by atoms with Gasteiger partial charge < -0.3 is 13.9 Å². The van der Waals surface area contributed by atoms with Gasteiger partial charge in [-0.05, 0) is 6.92 Å². The van der Waals surface area contributed by atoms with Gasteiger partial charge in [-0.1, -0.05) is 0 Å². The first kappa shape index (κ1) is 10.6. The van der Waals surface area contributed by atoms with Crippen LogP contribution in [0.5, 0.6) is 0 Å². The van der Waals surface area contributed by atoms with E-state index in [9.17, 15) is 4.79 Å². The molecule has 1 aromatic rings. The second kappa shape index (κ2) is 5.33. The topological polar surface area (TPSA) is 74.5 Å². The van der Waals surface area contributed by atoms with Crippen LogP contribution in [0.25, 0.3) is 0 Å². The molecule has 0 saturated carbocycles. The molecule has 0 aliphatic rings. The summed E-state index contributed by atoms with van der Waals surface area (Å²) in [4.78, 5) is 11.0. The second-order valence-corrected chi connectivity index (χ2v) is 2.50. The maximum atomic E-state index is 11.0. The van der Waals surface area contributed by atoms with E-state index >= 15 is 0 Å². The lowest BCUT2D eigenvalue weighted by Crippen LogP contribution is -2.07. The highest BCUT2D eigenvalue weighted by atomic mass is 16.5. The average molecular weight is 200 g/mol. The van der Waals surface area contributed by atoms with Crippen molar-refractivity contribution in [2.45, 2.75) is 20.0 Å². The number of esters is 1. The van der Waals surface area contributed by atoms with Crippen molar-refractivity contribution in [2.75, 3.05) is 13.7 Å². The number of hydrogen-bond donors (Lipinski definition) is 0. The van der Waals surface area contributed by atoms with Crippen LogP contribution in [0.4, 0.5) is 0 Å². The van der Waals surface area contributed by atoms with Crippen LogP contribution >= 0.6 is 0 Å². The summed E-state index contributed by atoms with van der Waals surface area (Å²) in [6, 6.07) is 0. The lowest BCUT2D eigenvalue weighted by Gasteiger charge is -1.96. The van der Waals surface area contributed by atoms with E-state index < -0.39 is 0 Å². The molecule has 0 aromatic carbocycles. The van der Waals surface area contributed by atoms with Gasteiger partial charge in [0.15, 0.2) is 0 Å². The molecule has 6 nitrogen and oxygen atoms in total. The molecule has 0 bridgehead atoms. The maximum absolute atomic E-state index is 11.0. The minimum absolute atomic E-state index is 0.00452. The number of aromatic nitrogens is 2. The van der Waals surface area contributed by atoms with Gasteiger partial charge in [0, 0.05) is 7.11 Å². The number of rotatable bonds is 5. The summed E-state index contributed by atoms with van der Waals surface area (Å²) in [5.41, 5.74) is 0. The molecule has 1 aromatic heterocycles. The molecule has 0 fully saturated rings. The molecule has 0 radical (unpaired) electrons. The molecular weight excluding hydrogens is 188 g/mol. The summed E-state index contributed by atoms with van der Waals surface area (Å²) in [7, 11) is 1.52. The van der Waals surface area contributed by atoms with Crippen molar-refractivity contribution in [3.8, 4) is 0 Å².